The molecule has 0 rings (SSSR count). The van der Waals surface area contributed by atoms with E-state index < -0.39 is 36.3 Å². The summed E-state index contributed by atoms with van der Waals surface area (Å²) in [6.07, 6.45) is 0.246. The number of carboxylic acid groups (broad SMARTS) is 1. The van der Waals surface area contributed by atoms with E-state index in [0.29, 0.717) is 6.42 Å². The molecule has 0 bridgehead atoms. The van der Waals surface area contributed by atoms with Crippen molar-refractivity contribution in [3.05, 3.63) is 0 Å². The number of rotatable bonds is 7. The van der Waals surface area contributed by atoms with E-state index in [1.807, 2.05) is 6.92 Å². The summed E-state index contributed by atoms with van der Waals surface area (Å²) < 4.78 is 0. The van der Waals surface area contributed by atoms with Crippen molar-refractivity contribution in [2.24, 2.45) is 17.4 Å². The highest BCUT2D eigenvalue weighted by Crippen LogP contribution is 2.05. The fraction of sp³-hybridized carbons (Fsp3) is 0.700. The van der Waals surface area contributed by atoms with Crippen LogP contribution in [0.4, 0.5) is 0 Å². The molecule has 0 aromatic carbocycles. The molecule has 0 aromatic rings. The van der Waals surface area contributed by atoms with E-state index in [1.165, 1.54) is 0 Å². The molecule has 0 aromatic heterocycles. The Hall–Kier alpha value is -1.63. The van der Waals surface area contributed by atoms with Crippen LogP contribution in [-0.2, 0) is 14.4 Å². The number of hydrogen-bond acceptors (Lipinski definition) is 4. The number of amides is 2. The normalized spacial score (nSPS) is 15.7. The highest BCUT2D eigenvalue weighted by Gasteiger charge is 2.26. The lowest BCUT2D eigenvalue weighted by molar-refractivity contribution is -0.143. The summed E-state index contributed by atoms with van der Waals surface area (Å²) in [7, 11) is 0. The quantitative estimate of drug-likeness (QED) is 0.447. The van der Waals surface area contributed by atoms with Crippen LogP contribution in [0.25, 0.3) is 0 Å². The molecule has 0 spiro atoms. The maximum atomic E-state index is 11.6. The molecule has 0 saturated heterocycles. The zero-order valence-corrected chi connectivity index (χ0v) is 9.97. The zero-order chi connectivity index (χ0) is 13.6. The fourth-order valence-corrected chi connectivity index (χ4v) is 1.18. The Balaban J connectivity index is 4.50. The first-order chi connectivity index (χ1) is 7.79. The van der Waals surface area contributed by atoms with Crippen LogP contribution < -0.4 is 16.8 Å². The van der Waals surface area contributed by atoms with Gasteiger partial charge in [0.05, 0.1) is 12.5 Å². The summed E-state index contributed by atoms with van der Waals surface area (Å²) in [5, 5.41) is 11.0. The minimum absolute atomic E-state index is 0.0713. The molecular weight excluding hydrogens is 226 g/mol. The van der Waals surface area contributed by atoms with Gasteiger partial charge < -0.3 is 21.9 Å². The number of nitrogens with two attached hydrogens (primary N) is 2. The molecule has 0 heterocycles. The number of hydrogen-bond donors (Lipinski definition) is 4. The second-order valence-electron chi connectivity index (χ2n) is 3.98. The van der Waals surface area contributed by atoms with Crippen LogP contribution in [0.5, 0.6) is 0 Å². The van der Waals surface area contributed by atoms with Crippen LogP contribution in [0, 0.1) is 5.92 Å². The molecule has 0 saturated carbocycles. The summed E-state index contributed by atoms with van der Waals surface area (Å²) >= 11 is 0. The summed E-state index contributed by atoms with van der Waals surface area (Å²) in [5.74, 6) is -2.77. The lowest BCUT2D eigenvalue weighted by Gasteiger charge is -2.20. The third-order valence-electron chi connectivity index (χ3n) is 2.58. The first-order valence-corrected chi connectivity index (χ1v) is 5.36. The molecule has 7 heteroatoms. The molecule has 1 unspecified atom stereocenters. The molecule has 2 amide bonds. The largest absolute Gasteiger partial charge is 0.480 e. The van der Waals surface area contributed by atoms with E-state index in [2.05, 4.69) is 5.32 Å². The van der Waals surface area contributed by atoms with Crippen LogP contribution in [0.1, 0.15) is 26.7 Å². The van der Waals surface area contributed by atoms with Gasteiger partial charge in [-0.05, 0) is 5.92 Å². The lowest BCUT2D eigenvalue weighted by atomic mass is 9.99. The average molecular weight is 245 g/mol. The van der Waals surface area contributed by atoms with Crippen molar-refractivity contribution in [3.8, 4) is 0 Å². The number of carboxylic acids is 1. The van der Waals surface area contributed by atoms with Gasteiger partial charge in [-0.15, -0.1) is 0 Å². The predicted octanol–water partition coefficient (Wildman–Crippen LogP) is -1.20. The smallest absolute Gasteiger partial charge is 0.326 e. The Bertz CT molecular complexity index is 306. The first kappa shape index (κ1) is 15.4. The predicted molar refractivity (Wildman–Crippen MR) is 60.8 cm³/mol. The number of nitrogens with one attached hydrogen (secondary N) is 1. The Kier molecular flexibility index (Phi) is 6.19. The van der Waals surface area contributed by atoms with Crippen molar-refractivity contribution < 1.29 is 19.5 Å². The summed E-state index contributed by atoms with van der Waals surface area (Å²) in [4.78, 5) is 33.0. The standard InChI is InChI=1S/C10H19N3O4/c1-3-5(2)8(12)9(15)13-6(10(16)17)4-7(11)14/h5-6,8H,3-4,12H2,1-2H3,(H2,11,14)(H,13,15)(H,16,17)/t5-,6?,8-/m0/s1. The molecule has 0 aliphatic heterocycles. The second kappa shape index (κ2) is 6.85. The van der Waals surface area contributed by atoms with Crippen LogP contribution in [0.3, 0.4) is 0 Å². The van der Waals surface area contributed by atoms with Gasteiger partial charge in [-0.25, -0.2) is 4.79 Å². The van der Waals surface area contributed by atoms with Crippen molar-refractivity contribution >= 4 is 17.8 Å². The van der Waals surface area contributed by atoms with Gasteiger partial charge in [0.2, 0.25) is 11.8 Å². The molecule has 0 radical (unpaired) electrons. The van der Waals surface area contributed by atoms with E-state index in [1.54, 1.807) is 6.92 Å². The molecule has 3 atom stereocenters. The van der Waals surface area contributed by atoms with Gasteiger partial charge in [0.25, 0.3) is 0 Å². The summed E-state index contributed by atoms with van der Waals surface area (Å²) in [5.41, 5.74) is 10.5. The van der Waals surface area contributed by atoms with Crippen molar-refractivity contribution in [1.82, 2.24) is 5.32 Å². The third-order valence-corrected chi connectivity index (χ3v) is 2.58. The SMILES string of the molecule is CC[C@H](C)[C@H](N)C(=O)NC(CC(N)=O)C(=O)O. The van der Waals surface area contributed by atoms with Crippen molar-refractivity contribution in [2.45, 2.75) is 38.8 Å². The van der Waals surface area contributed by atoms with E-state index >= 15 is 0 Å². The zero-order valence-electron chi connectivity index (χ0n) is 9.97. The van der Waals surface area contributed by atoms with Gasteiger partial charge >= 0.3 is 5.97 Å². The Labute approximate surface area is 99.5 Å². The second-order valence-corrected chi connectivity index (χ2v) is 3.98. The minimum atomic E-state index is -1.32. The Morgan fingerprint density at radius 1 is 1.35 bits per heavy atom. The number of carbonyl (C=O) groups excluding carboxylic acids is 2. The van der Waals surface area contributed by atoms with Crippen LogP contribution in [0.2, 0.25) is 0 Å². The van der Waals surface area contributed by atoms with Gasteiger partial charge in [-0.3, -0.25) is 9.59 Å². The lowest BCUT2D eigenvalue weighted by Crippen LogP contribution is -2.51. The topological polar surface area (TPSA) is 136 Å². The van der Waals surface area contributed by atoms with Gasteiger partial charge in [-0.2, -0.15) is 0 Å². The molecular formula is C10H19N3O4. The van der Waals surface area contributed by atoms with Crippen LogP contribution >= 0.6 is 0 Å². The highest BCUT2D eigenvalue weighted by molar-refractivity contribution is 5.90. The monoisotopic (exact) mass is 245 g/mol. The summed E-state index contributed by atoms with van der Waals surface area (Å²) in [6.45, 7) is 3.66. The Morgan fingerprint density at radius 3 is 2.24 bits per heavy atom. The minimum Gasteiger partial charge on any atom is -0.480 e. The number of carbonyl (C=O) groups is 3. The van der Waals surface area contributed by atoms with E-state index in [4.69, 9.17) is 16.6 Å². The molecule has 98 valence electrons. The third kappa shape index (κ3) is 5.30. The van der Waals surface area contributed by atoms with Crippen LogP contribution in [-0.4, -0.2) is 35.0 Å². The maximum absolute atomic E-state index is 11.6. The summed E-state index contributed by atoms with van der Waals surface area (Å²) in [6, 6.07) is -2.12. The van der Waals surface area contributed by atoms with E-state index in [-0.39, 0.29) is 5.92 Å². The molecule has 6 N–H and O–H groups in total. The van der Waals surface area contributed by atoms with Gasteiger partial charge in [0, 0.05) is 0 Å². The van der Waals surface area contributed by atoms with E-state index in [9.17, 15) is 14.4 Å². The van der Waals surface area contributed by atoms with E-state index in [0.717, 1.165) is 0 Å². The number of primary amides is 1. The van der Waals surface area contributed by atoms with Crippen molar-refractivity contribution in [1.29, 1.82) is 0 Å². The van der Waals surface area contributed by atoms with Gasteiger partial charge in [0.15, 0.2) is 0 Å². The molecule has 17 heavy (non-hydrogen) atoms. The molecule has 0 aliphatic carbocycles. The molecule has 0 aliphatic rings. The van der Waals surface area contributed by atoms with Gasteiger partial charge in [-0.1, -0.05) is 20.3 Å². The van der Waals surface area contributed by atoms with Crippen LogP contribution in [0.15, 0.2) is 0 Å². The fourth-order valence-electron chi connectivity index (χ4n) is 1.18. The maximum Gasteiger partial charge on any atom is 0.326 e. The molecule has 7 nitrogen and oxygen atoms in total. The molecule has 0 fully saturated rings. The first-order valence-electron chi connectivity index (χ1n) is 5.36. The Morgan fingerprint density at radius 2 is 1.88 bits per heavy atom. The van der Waals surface area contributed by atoms with Crippen molar-refractivity contribution in [2.75, 3.05) is 0 Å². The highest BCUT2D eigenvalue weighted by atomic mass is 16.4. The number of aliphatic carboxylic acids is 1. The van der Waals surface area contributed by atoms with Gasteiger partial charge in [0.1, 0.15) is 6.04 Å². The van der Waals surface area contributed by atoms with Crippen molar-refractivity contribution in [3.63, 3.8) is 0 Å². The average Bonchev–Trinajstić information content (AvgIpc) is 2.25.